The molecule has 1 heterocycles. The third-order valence-corrected chi connectivity index (χ3v) is 3.37. The molecule has 2 aromatic rings. The van der Waals surface area contributed by atoms with Crippen LogP contribution in [0.4, 0.5) is 0 Å². The van der Waals surface area contributed by atoms with E-state index in [0.29, 0.717) is 5.02 Å². The summed E-state index contributed by atoms with van der Waals surface area (Å²) in [7, 11) is 0. The first-order valence-electron chi connectivity index (χ1n) is 4.50. The van der Waals surface area contributed by atoms with Crippen LogP contribution in [0, 0.1) is 0 Å². The van der Waals surface area contributed by atoms with Crippen LogP contribution < -0.4 is 0 Å². The summed E-state index contributed by atoms with van der Waals surface area (Å²) in [6.07, 6.45) is 0. The molecule has 1 N–H and O–H groups in total. The Balaban J connectivity index is 2.14. The van der Waals surface area contributed by atoms with Gasteiger partial charge in [-0.05, 0) is 12.1 Å². The van der Waals surface area contributed by atoms with E-state index in [2.05, 4.69) is 4.98 Å². The molecule has 0 aliphatic carbocycles. The van der Waals surface area contributed by atoms with Crippen LogP contribution in [-0.2, 0) is 16.1 Å². The summed E-state index contributed by atoms with van der Waals surface area (Å²) >= 11 is 7.40. The van der Waals surface area contributed by atoms with Crippen molar-refractivity contribution in [2.45, 2.75) is 6.61 Å². The average Bonchev–Trinajstić information content (AvgIpc) is 2.61. The van der Waals surface area contributed by atoms with Crippen LogP contribution in [0.15, 0.2) is 18.2 Å². The standard InChI is InChI=1S/C10H8ClNO3S/c11-6-2-1-3-7-10(6)16-8(12-7)4-15-5-9(13)14/h1-3H,4-5H2,(H,13,14). The minimum Gasteiger partial charge on any atom is -0.480 e. The van der Waals surface area contributed by atoms with Crippen molar-refractivity contribution in [1.82, 2.24) is 4.98 Å². The number of benzene rings is 1. The predicted octanol–water partition coefficient (Wildman–Crippen LogP) is 2.55. The number of halogens is 1. The molecule has 1 aromatic heterocycles. The maximum absolute atomic E-state index is 10.3. The molecule has 0 saturated carbocycles. The zero-order valence-electron chi connectivity index (χ0n) is 8.14. The highest BCUT2D eigenvalue weighted by Gasteiger charge is 2.07. The molecule has 0 amide bonds. The molecule has 2 rings (SSSR count). The molecule has 0 fully saturated rings. The Hall–Kier alpha value is -1.17. The minimum absolute atomic E-state index is 0.196. The number of rotatable bonds is 4. The molecule has 84 valence electrons. The predicted molar refractivity (Wildman–Crippen MR) is 61.9 cm³/mol. The highest BCUT2D eigenvalue weighted by Crippen LogP contribution is 2.29. The lowest BCUT2D eigenvalue weighted by Crippen LogP contribution is -2.06. The number of carboxylic acids is 1. The van der Waals surface area contributed by atoms with Gasteiger partial charge in [0.25, 0.3) is 0 Å². The van der Waals surface area contributed by atoms with Crippen LogP contribution in [0.2, 0.25) is 5.02 Å². The topological polar surface area (TPSA) is 59.4 Å². The quantitative estimate of drug-likeness (QED) is 0.914. The maximum Gasteiger partial charge on any atom is 0.329 e. The Labute approximate surface area is 100 Å². The molecule has 0 atom stereocenters. The Morgan fingerprint density at radius 2 is 2.38 bits per heavy atom. The van der Waals surface area contributed by atoms with E-state index in [1.807, 2.05) is 12.1 Å². The van der Waals surface area contributed by atoms with Crippen LogP contribution in [-0.4, -0.2) is 22.7 Å². The lowest BCUT2D eigenvalue weighted by Gasteiger charge is -1.95. The molecule has 0 saturated heterocycles. The second kappa shape index (κ2) is 4.78. The lowest BCUT2D eigenvalue weighted by atomic mass is 10.3. The van der Waals surface area contributed by atoms with Gasteiger partial charge in [-0.1, -0.05) is 17.7 Å². The van der Waals surface area contributed by atoms with E-state index in [0.717, 1.165) is 15.2 Å². The molecule has 6 heteroatoms. The maximum atomic E-state index is 10.3. The molecular weight excluding hydrogens is 250 g/mol. The average molecular weight is 258 g/mol. The van der Waals surface area contributed by atoms with Crippen molar-refractivity contribution in [3.8, 4) is 0 Å². The van der Waals surface area contributed by atoms with Crippen LogP contribution in [0.3, 0.4) is 0 Å². The number of aliphatic carboxylic acids is 1. The number of fused-ring (bicyclic) bond motifs is 1. The molecule has 0 unspecified atom stereocenters. The molecule has 0 spiro atoms. The Morgan fingerprint density at radius 3 is 3.06 bits per heavy atom. The Bertz CT molecular complexity index is 526. The van der Waals surface area contributed by atoms with E-state index in [4.69, 9.17) is 21.4 Å². The van der Waals surface area contributed by atoms with Crippen LogP contribution in [0.5, 0.6) is 0 Å². The first kappa shape index (κ1) is 11.3. The largest absolute Gasteiger partial charge is 0.480 e. The fraction of sp³-hybridized carbons (Fsp3) is 0.200. The molecule has 0 aliphatic rings. The monoisotopic (exact) mass is 257 g/mol. The van der Waals surface area contributed by atoms with E-state index >= 15 is 0 Å². The van der Waals surface area contributed by atoms with Gasteiger partial charge in [-0.3, -0.25) is 0 Å². The number of carboxylic acid groups (broad SMARTS) is 1. The van der Waals surface area contributed by atoms with Crippen molar-refractivity contribution in [2.75, 3.05) is 6.61 Å². The highest BCUT2D eigenvalue weighted by atomic mass is 35.5. The van der Waals surface area contributed by atoms with Crippen molar-refractivity contribution < 1.29 is 14.6 Å². The lowest BCUT2D eigenvalue weighted by molar-refractivity contribution is -0.142. The van der Waals surface area contributed by atoms with E-state index < -0.39 is 5.97 Å². The van der Waals surface area contributed by atoms with Gasteiger partial charge in [0.05, 0.1) is 21.8 Å². The summed E-state index contributed by atoms with van der Waals surface area (Å²) in [5.41, 5.74) is 0.812. The second-order valence-electron chi connectivity index (χ2n) is 3.08. The number of hydrogen-bond acceptors (Lipinski definition) is 4. The summed E-state index contributed by atoms with van der Waals surface area (Å²) in [4.78, 5) is 14.5. The summed E-state index contributed by atoms with van der Waals surface area (Å²) < 4.78 is 5.86. The number of thiazole rings is 1. The van der Waals surface area contributed by atoms with Crippen molar-refractivity contribution in [2.24, 2.45) is 0 Å². The van der Waals surface area contributed by atoms with E-state index in [1.54, 1.807) is 6.07 Å². The SMILES string of the molecule is O=C(O)COCc1nc2cccc(Cl)c2s1. The third-order valence-electron chi connectivity index (χ3n) is 1.86. The van der Waals surface area contributed by atoms with Crippen molar-refractivity contribution >= 4 is 39.1 Å². The first-order chi connectivity index (χ1) is 7.66. The molecule has 4 nitrogen and oxygen atoms in total. The Morgan fingerprint density at radius 1 is 1.56 bits per heavy atom. The van der Waals surface area contributed by atoms with Crippen LogP contribution in [0.25, 0.3) is 10.2 Å². The molecule has 0 radical (unpaired) electrons. The van der Waals surface area contributed by atoms with Gasteiger partial charge in [-0.2, -0.15) is 0 Å². The van der Waals surface area contributed by atoms with Crippen LogP contribution >= 0.6 is 22.9 Å². The summed E-state index contributed by atoms with van der Waals surface area (Å²) in [5, 5.41) is 9.79. The van der Waals surface area contributed by atoms with Gasteiger partial charge >= 0.3 is 5.97 Å². The summed E-state index contributed by atoms with van der Waals surface area (Å²) in [5.74, 6) is -0.987. The van der Waals surface area contributed by atoms with Gasteiger partial charge in [-0.25, -0.2) is 9.78 Å². The van der Waals surface area contributed by atoms with Crippen molar-refractivity contribution in [3.05, 3.63) is 28.2 Å². The van der Waals surface area contributed by atoms with Gasteiger partial charge in [0.1, 0.15) is 11.6 Å². The van der Waals surface area contributed by atoms with Gasteiger partial charge in [0.2, 0.25) is 0 Å². The zero-order chi connectivity index (χ0) is 11.5. The first-order valence-corrected chi connectivity index (χ1v) is 5.70. The highest BCUT2D eigenvalue weighted by molar-refractivity contribution is 7.19. The fourth-order valence-corrected chi connectivity index (χ4v) is 2.44. The molecular formula is C10H8ClNO3S. The van der Waals surface area contributed by atoms with E-state index in [-0.39, 0.29) is 13.2 Å². The number of carbonyl (C=O) groups is 1. The van der Waals surface area contributed by atoms with Crippen molar-refractivity contribution in [3.63, 3.8) is 0 Å². The molecule has 0 aliphatic heterocycles. The van der Waals surface area contributed by atoms with Crippen molar-refractivity contribution in [1.29, 1.82) is 0 Å². The number of ether oxygens (including phenoxy) is 1. The minimum atomic E-state index is -0.987. The van der Waals surface area contributed by atoms with Gasteiger partial charge < -0.3 is 9.84 Å². The van der Waals surface area contributed by atoms with E-state index in [1.165, 1.54) is 11.3 Å². The van der Waals surface area contributed by atoms with Gasteiger partial charge in [-0.15, -0.1) is 11.3 Å². The normalized spacial score (nSPS) is 10.8. The number of aromatic nitrogens is 1. The third kappa shape index (κ3) is 2.49. The smallest absolute Gasteiger partial charge is 0.329 e. The van der Waals surface area contributed by atoms with E-state index in [9.17, 15) is 4.79 Å². The Kier molecular flexibility index (Phi) is 3.38. The molecule has 16 heavy (non-hydrogen) atoms. The van der Waals surface area contributed by atoms with Crippen LogP contribution in [0.1, 0.15) is 5.01 Å². The molecule has 0 bridgehead atoms. The zero-order valence-corrected chi connectivity index (χ0v) is 9.72. The summed E-state index contributed by atoms with van der Waals surface area (Å²) in [6, 6.07) is 5.48. The fourth-order valence-electron chi connectivity index (χ4n) is 1.25. The second-order valence-corrected chi connectivity index (χ2v) is 4.57. The number of nitrogens with zero attached hydrogens (tertiary/aromatic N) is 1. The number of hydrogen-bond donors (Lipinski definition) is 1. The molecule has 1 aromatic carbocycles. The van der Waals surface area contributed by atoms with Gasteiger partial charge in [0, 0.05) is 0 Å². The summed E-state index contributed by atoms with van der Waals surface area (Å²) in [6.45, 7) is -0.119. The van der Waals surface area contributed by atoms with Gasteiger partial charge in [0.15, 0.2) is 0 Å².